The van der Waals surface area contributed by atoms with Crippen LogP contribution in [0.5, 0.6) is 0 Å². The third kappa shape index (κ3) is 2.04. The molecule has 3 aliphatic rings. The Balaban J connectivity index is 1.65. The highest BCUT2D eigenvalue weighted by Crippen LogP contribution is 2.48. The van der Waals surface area contributed by atoms with E-state index in [-0.39, 0.29) is 6.04 Å². The molecule has 2 aliphatic heterocycles. The summed E-state index contributed by atoms with van der Waals surface area (Å²) in [4.78, 5) is 4.08. The smallest absolute Gasteiger partial charge is 0.228 e. The van der Waals surface area contributed by atoms with Gasteiger partial charge in [0.1, 0.15) is 0 Å². The predicted octanol–water partition coefficient (Wildman–Crippen LogP) is 0.750. The fourth-order valence-corrected chi connectivity index (χ4v) is 5.04. The van der Waals surface area contributed by atoms with Gasteiger partial charge >= 0.3 is 0 Å². The van der Waals surface area contributed by atoms with Crippen molar-refractivity contribution in [1.29, 1.82) is 0 Å². The Morgan fingerprint density at radius 2 is 1.67 bits per heavy atom. The zero-order valence-corrected chi connectivity index (χ0v) is 11.8. The minimum Gasteiger partial charge on any atom is -0.228 e. The number of aliphatic imine (C=N–C) groups is 1. The quantitative estimate of drug-likeness (QED) is 0.568. The summed E-state index contributed by atoms with van der Waals surface area (Å²) in [6, 6.07) is 0.232. The van der Waals surface area contributed by atoms with Crippen molar-refractivity contribution in [3.8, 4) is 0 Å². The molecule has 100 valence electrons. The van der Waals surface area contributed by atoms with Gasteiger partial charge in [0.2, 0.25) is 0 Å². The number of piperidine rings is 2. The molecule has 2 atom stereocenters. The maximum atomic E-state index is 12.4. The van der Waals surface area contributed by atoms with E-state index in [1.165, 1.54) is 0 Å². The molecular weight excluding hydrogens is 270 g/mol. The molecule has 3 fully saturated rings. The van der Waals surface area contributed by atoms with Crippen LogP contribution in [0, 0.1) is 11.8 Å². The molecule has 0 radical (unpaired) electrons. The average Bonchev–Trinajstić information content (AvgIpc) is 2.85. The van der Waals surface area contributed by atoms with Crippen LogP contribution in [-0.2, 0) is 10.2 Å². The number of isothiocyanates is 1. The molecule has 7 heteroatoms. The van der Waals surface area contributed by atoms with Crippen LogP contribution in [0.25, 0.3) is 0 Å². The molecule has 0 bridgehead atoms. The van der Waals surface area contributed by atoms with Crippen molar-refractivity contribution in [3.05, 3.63) is 0 Å². The number of hydrogen-bond acceptors (Lipinski definition) is 4. The van der Waals surface area contributed by atoms with E-state index in [2.05, 4.69) is 22.4 Å². The molecule has 2 saturated heterocycles. The molecule has 2 unspecified atom stereocenters. The molecule has 1 aliphatic carbocycles. The number of nitrogens with zero attached hydrogens (tertiary/aromatic N) is 3. The van der Waals surface area contributed by atoms with Crippen LogP contribution < -0.4 is 0 Å². The van der Waals surface area contributed by atoms with Crippen LogP contribution in [-0.4, -0.2) is 54.4 Å². The molecule has 18 heavy (non-hydrogen) atoms. The first-order chi connectivity index (χ1) is 8.64. The fourth-order valence-electron chi connectivity index (χ4n) is 3.16. The van der Waals surface area contributed by atoms with Gasteiger partial charge in [-0.25, -0.2) is 4.99 Å². The lowest BCUT2D eigenvalue weighted by Crippen LogP contribution is -2.46. The van der Waals surface area contributed by atoms with E-state index in [1.807, 2.05) is 0 Å². The summed E-state index contributed by atoms with van der Waals surface area (Å²) < 4.78 is 28.1. The molecule has 0 amide bonds. The van der Waals surface area contributed by atoms with E-state index in [1.54, 1.807) is 8.61 Å². The standard InChI is InChI=1S/C11H17N3O2S2/c15-18(16,13-4-2-1-3-5-13)14-6-9-10(7-14)11(9)12-8-17/h9-11H,1-7H2. The largest absolute Gasteiger partial charge is 0.281 e. The third-order valence-corrected chi connectivity index (χ3v) is 6.36. The second kappa shape index (κ2) is 4.65. The highest BCUT2D eigenvalue weighted by atomic mass is 32.2. The van der Waals surface area contributed by atoms with Crippen LogP contribution in [0.15, 0.2) is 4.99 Å². The monoisotopic (exact) mass is 287 g/mol. The van der Waals surface area contributed by atoms with Gasteiger partial charge in [-0.1, -0.05) is 6.42 Å². The van der Waals surface area contributed by atoms with Crippen molar-refractivity contribution in [2.75, 3.05) is 26.2 Å². The Morgan fingerprint density at radius 3 is 2.22 bits per heavy atom. The molecule has 5 nitrogen and oxygen atoms in total. The van der Waals surface area contributed by atoms with Gasteiger partial charge in [-0.3, -0.25) is 0 Å². The van der Waals surface area contributed by atoms with Gasteiger partial charge in [-0.15, -0.1) is 0 Å². The maximum absolute atomic E-state index is 12.4. The van der Waals surface area contributed by atoms with Crippen molar-refractivity contribution < 1.29 is 8.42 Å². The van der Waals surface area contributed by atoms with Crippen molar-refractivity contribution in [3.63, 3.8) is 0 Å². The topological polar surface area (TPSA) is 53.0 Å². The number of rotatable bonds is 3. The predicted molar refractivity (Wildman–Crippen MR) is 71.7 cm³/mol. The van der Waals surface area contributed by atoms with Gasteiger partial charge < -0.3 is 0 Å². The van der Waals surface area contributed by atoms with Gasteiger partial charge in [0.05, 0.1) is 11.2 Å². The first kappa shape index (κ1) is 12.7. The first-order valence-corrected chi connectivity index (χ1v) is 8.27. The van der Waals surface area contributed by atoms with Crippen molar-refractivity contribution >= 4 is 27.6 Å². The molecule has 1 saturated carbocycles. The molecule has 3 rings (SSSR count). The number of thiocarbonyl (C=S) groups is 1. The minimum absolute atomic E-state index is 0.232. The van der Waals surface area contributed by atoms with Crippen molar-refractivity contribution in [2.24, 2.45) is 16.8 Å². The van der Waals surface area contributed by atoms with Gasteiger partial charge in [0.25, 0.3) is 10.2 Å². The van der Waals surface area contributed by atoms with Gasteiger partial charge in [-0.05, 0) is 25.1 Å². The molecule has 0 aromatic rings. The normalized spacial score (nSPS) is 37.0. The SMILES string of the molecule is O=S(=O)(N1CCCCC1)N1CC2C(C1)C2N=C=S. The van der Waals surface area contributed by atoms with E-state index in [9.17, 15) is 8.42 Å². The van der Waals surface area contributed by atoms with Crippen molar-refractivity contribution in [2.45, 2.75) is 25.3 Å². The Hall–Kier alpha value is -0.330. The van der Waals surface area contributed by atoms with Crippen LogP contribution in [0.3, 0.4) is 0 Å². The number of hydrogen-bond donors (Lipinski definition) is 0. The van der Waals surface area contributed by atoms with Crippen LogP contribution >= 0.6 is 12.2 Å². The summed E-state index contributed by atoms with van der Waals surface area (Å²) >= 11 is 4.59. The molecule has 2 heterocycles. The summed E-state index contributed by atoms with van der Waals surface area (Å²) in [5.74, 6) is 0.750. The zero-order chi connectivity index (χ0) is 12.8. The number of fused-ring (bicyclic) bond motifs is 1. The summed E-state index contributed by atoms with van der Waals surface area (Å²) in [5, 5.41) is 2.41. The second-order valence-corrected chi connectivity index (χ2v) is 7.43. The summed E-state index contributed by atoms with van der Waals surface area (Å²) in [5.41, 5.74) is 0. The highest BCUT2D eigenvalue weighted by Gasteiger charge is 2.58. The summed E-state index contributed by atoms with van der Waals surface area (Å²) in [7, 11) is -3.22. The van der Waals surface area contributed by atoms with Gasteiger partial charge in [-0.2, -0.15) is 17.0 Å². The average molecular weight is 287 g/mol. The molecule has 0 spiro atoms. The first-order valence-electron chi connectivity index (χ1n) is 6.47. The summed E-state index contributed by atoms with van der Waals surface area (Å²) in [6.45, 7) is 2.56. The van der Waals surface area contributed by atoms with E-state index in [0.29, 0.717) is 38.0 Å². The Morgan fingerprint density at radius 1 is 1.06 bits per heavy atom. The lowest BCUT2D eigenvalue weighted by Gasteiger charge is -2.30. The van der Waals surface area contributed by atoms with Crippen LogP contribution in [0.4, 0.5) is 0 Å². The van der Waals surface area contributed by atoms with E-state index >= 15 is 0 Å². The zero-order valence-electron chi connectivity index (χ0n) is 10.2. The molecular formula is C11H17N3O2S2. The lowest BCUT2D eigenvalue weighted by atomic mass is 10.2. The Kier molecular flexibility index (Phi) is 3.28. The molecule has 0 N–H and O–H groups in total. The highest BCUT2D eigenvalue weighted by molar-refractivity contribution is 7.86. The Labute approximate surface area is 113 Å². The van der Waals surface area contributed by atoms with Crippen LogP contribution in [0.1, 0.15) is 19.3 Å². The minimum atomic E-state index is -3.22. The third-order valence-electron chi connectivity index (χ3n) is 4.28. The Bertz CT molecular complexity index is 469. The maximum Gasteiger partial charge on any atom is 0.281 e. The van der Waals surface area contributed by atoms with E-state index in [0.717, 1.165) is 19.3 Å². The lowest BCUT2D eigenvalue weighted by molar-refractivity contribution is 0.308. The van der Waals surface area contributed by atoms with Gasteiger partial charge in [0.15, 0.2) is 0 Å². The molecule has 0 aromatic heterocycles. The van der Waals surface area contributed by atoms with Crippen molar-refractivity contribution in [1.82, 2.24) is 8.61 Å². The fraction of sp³-hybridized carbons (Fsp3) is 0.909. The van der Waals surface area contributed by atoms with E-state index < -0.39 is 10.2 Å². The van der Waals surface area contributed by atoms with Crippen LogP contribution in [0.2, 0.25) is 0 Å². The van der Waals surface area contributed by atoms with E-state index in [4.69, 9.17) is 0 Å². The van der Waals surface area contributed by atoms with Gasteiger partial charge in [0, 0.05) is 38.0 Å². The summed E-state index contributed by atoms with van der Waals surface area (Å²) in [6.07, 6.45) is 3.11. The molecule has 0 aromatic carbocycles. The second-order valence-electron chi connectivity index (χ2n) is 5.32.